The van der Waals surface area contributed by atoms with Gasteiger partial charge in [0.05, 0.1) is 12.9 Å². The van der Waals surface area contributed by atoms with E-state index >= 15 is 0 Å². The number of nitrogen functional groups attached to an aromatic ring is 1. The van der Waals surface area contributed by atoms with E-state index in [-0.39, 0.29) is 5.69 Å². The maximum atomic E-state index is 11.4. The smallest absolute Gasteiger partial charge is 0.360 e. The largest absolute Gasteiger partial charge is 0.461 e. The van der Waals surface area contributed by atoms with Gasteiger partial charge in [-0.3, -0.25) is 0 Å². The summed E-state index contributed by atoms with van der Waals surface area (Å²) in [6.45, 7) is 4.74. The first-order valence-electron chi connectivity index (χ1n) is 5.29. The lowest BCUT2D eigenvalue weighted by Crippen LogP contribution is -2.10. The van der Waals surface area contributed by atoms with Gasteiger partial charge in [0.15, 0.2) is 5.69 Å². The van der Waals surface area contributed by atoms with Crippen LogP contribution < -0.4 is 5.73 Å². The fourth-order valence-electron chi connectivity index (χ4n) is 1.31. The second kappa shape index (κ2) is 5.95. The summed E-state index contributed by atoms with van der Waals surface area (Å²) in [5.74, 6) is -0.104. The number of carbonyl (C=O) groups is 1. The van der Waals surface area contributed by atoms with Crippen molar-refractivity contribution in [2.45, 2.75) is 26.8 Å². The maximum absolute atomic E-state index is 11.4. The van der Waals surface area contributed by atoms with Crippen LogP contribution in [0.4, 0.5) is 5.82 Å². The summed E-state index contributed by atoms with van der Waals surface area (Å²) in [5, 5.41) is 0. The molecule has 0 bridgehead atoms. The van der Waals surface area contributed by atoms with Crippen LogP contribution in [-0.4, -0.2) is 22.1 Å². The molecule has 0 aromatic carbocycles. The van der Waals surface area contributed by atoms with Crippen molar-refractivity contribution in [2.75, 3.05) is 12.3 Å². The summed E-state index contributed by atoms with van der Waals surface area (Å²) in [6.07, 6.45) is 6.42. The van der Waals surface area contributed by atoms with Crippen LogP contribution in [0.1, 0.15) is 30.8 Å². The molecule has 0 atom stereocenters. The molecular formula is C11H17N3O2. The van der Waals surface area contributed by atoms with Gasteiger partial charge in [-0.05, 0) is 20.3 Å². The van der Waals surface area contributed by atoms with Crippen molar-refractivity contribution < 1.29 is 9.53 Å². The molecule has 0 radical (unpaired) electrons. The van der Waals surface area contributed by atoms with E-state index in [1.165, 1.54) is 0 Å². The minimum atomic E-state index is -0.468. The molecule has 1 aromatic heterocycles. The zero-order valence-electron chi connectivity index (χ0n) is 9.64. The molecule has 1 rings (SSSR count). The van der Waals surface area contributed by atoms with E-state index in [9.17, 15) is 4.79 Å². The molecule has 0 saturated carbocycles. The van der Waals surface area contributed by atoms with Gasteiger partial charge in [0.1, 0.15) is 5.82 Å². The highest BCUT2D eigenvalue weighted by Gasteiger charge is 2.16. The molecular weight excluding hydrogens is 206 g/mol. The van der Waals surface area contributed by atoms with E-state index < -0.39 is 5.97 Å². The lowest BCUT2D eigenvalue weighted by atomic mass is 10.3. The Morgan fingerprint density at radius 2 is 2.44 bits per heavy atom. The van der Waals surface area contributed by atoms with Gasteiger partial charge in [-0.25, -0.2) is 9.78 Å². The van der Waals surface area contributed by atoms with Crippen molar-refractivity contribution in [3.8, 4) is 0 Å². The molecule has 0 saturated heterocycles. The molecule has 5 heteroatoms. The number of aryl methyl sites for hydroxylation is 1. The van der Waals surface area contributed by atoms with Gasteiger partial charge < -0.3 is 15.0 Å². The van der Waals surface area contributed by atoms with Gasteiger partial charge in [-0.1, -0.05) is 12.2 Å². The van der Waals surface area contributed by atoms with Crippen LogP contribution in [0.25, 0.3) is 0 Å². The second-order valence-electron chi connectivity index (χ2n) is 3.25. The number of allylic oxidation sites excluding steroid dienone is 2. The van der Waals surface area contributed by atoms with Crippen LogP contribution in [-0.2, 0) is 11.3 Å². The van der Waals surface area contributed by atoms with Crippen molar-refractivity contribution >= 4 is 11.8 Å². The quantitative estimate of drug-likeness (QED) is 0.608. The monoisotopic (exact) mass is 223 g/mol. The molecule has 0 spiro atoms. The third-order valence-corrected chi connectivity index (χ3v) is 2.12. The summed E-state index contributed by atoms with van der Waals surface area (Å²) >= 11 is 0. The molecule has 16 heavy (non-hydrogen) atoms. The highest BCUT2D eigenvalue weighted by molar-refractivity contribution is 5.92. The molecule has 5 nitrogen and oxygen atoms in total. The van der Waals surface area contributed by atoms with E-state index in [2.05, 4.69) is 4.98 Å². The van der Waals surface area contributed by atoms with Crippen LogP contribution in [0.15, 0.2) is 18.5 Å². The summed E-state index contributed by atoms with van der Waals surface area (Å²) in [5.41, 5.74) is 5.99. The Hall–Kier alpha value is -1.78. The number of aromatic nitrogens is 2. The molecule has 1 aromatic rings. The third kappa shape index (κ3) is 2.85. The number of imidazole rings is 1. The Bertz CT molecular complexity index is 383. The normalized spacial score (nSPS) is 10.9. The minimum absolute atomic E-state index is 0.197. The average Bonchev–Trinajstić information content (AvgIpc) is 2.61. The third-order valence-electron chi connectivity index (χ3n) is 2.12. The minimum Gasteiger partial charge on any atom is -0.461 e. The molecule has 0 aliphatic heterocycles. The first-order valence-corrected chi connectivity index (χ1v) is 5.29. The van der Waals surface area contributed by atoms with E-state index in [1.807, 2.05) is 19.1 Å². The molecule has 2 N–H and O–H groups in total. The van der Waals surface area contributed by atoms with E-state index in [1.54, 1.807) is 17.8 Å². The number of anilines is 1. The number of hydrogen-bond donors (Lipinski definition) is 1. The highest BCUT2D eigenvalue weighted by Crippen LogP contribution is 2.12. The fraction of sp³-hybridized carbons (Fsp3) is 0.455. The Kier molecular flexibility index (Phi) is 4.57. The predicted octanol–water partition coefficient (Wildman–Crippen LogP) is 1.61. The summed E-state index contributed by atoms with van der Waals surface area (Å²) in [6, 6.07) is 0. The number of rotatable bonds is 5. The molecule has 88 valence electrons. The SMILES string of the molecule is C/C=C/CCn1cnc(C(=O)OCC)c1N. The lowest BCUT2D eigenvalue weighted by Gasteiger charge is -2.03. The summed E-state index contributed by atoms with van der Waals surface area (Å²) in [7, 11) is 0. The van der Waals surface area contributed by atoms with Crippen molar-refractivity contribution in [1.82, 2.24) is 9.55 Å². The van der Waals surface area contributed by atoms with Gasteiger partial charge in [0.2, 0.25) is 0 Å². The lowest BCUT2D eigenvalue weighted by molar-refractivity contribution is 0.0521. The van der Waals surface area contributed by atoms with Crippen molar-refractivity contribution in [2.24, 2.45) is 0 Å². The average molecular weight is 223 g/mol. The Labute approximate surface area is 94.9 Å². The molecule has 1 heterocycles. The summed E-state index contributed by atoms with van der Waals surface area (Å²) < 4.78 is 6.58. The zero-order chi connectivity index (χ0) is 12.0. The van der Waals surface area contributed by atoms with E-state index in [0.717, 1.165) is 6.42 Å². The first kappa shape index (κ1) is 12.3. The maximum Gasteiger partial charge on any atom is 0.360 e. The van der Waals surface area contributed by atoms with Crippen LogP contribution in [0, 0.1) is 0 Å². The van der Waals surface area contributed by atoms with Gasteiger partial charge in [-0.15, -0.1) is 0 Å². The summed E-state index contributed by atoms with van der Waals surface area (Å²) in [4.78, 5) is 15.4. The molecule has 0 amide bonds. The number of esters is 1. The van der Waals surface area contributed by atoms with Gasteiger partial charge >= 0.3 is 5.97 Å². The van der Waals surface area contributed by atoms with E-state index in [4.69, 9.17) is 10.5 Å². The second-order valence-corrected chi connectivity index (χ2v) is 3.25. The van der Waals surface area contributed by atoms with E-state index in [0.29, 0.717) is 19.0 Å². The van der Waals surface area contributed by atoms with Crippen LogP contribution >= 0.6 is 0 Å². The predicted molar refractivity (Wildman–Crippen MR) is 62.0 cm³/mol. The molecule has 0 aliphatic carbocycles. The van der Waals surface area contributed by atoms with Crippen LogP contribution in [0.5, 0.6) is 0 Å². The van der Waals surface area contributed by atoms with Crippen molar-refractivity contribution in [3.05, 3.63) is 24.2 Å². The molecule has 0 unspecified atom stereocenters. The van der Waals surface area contributed by atoms with Crippen molar-refractivity contribution in [1.29, 1.82) is 0 Å². The van der Waals surface area contributed by atoms with Crippen LogP contribution in [0.3, 0.4) is 0 Å². The number of nitrogens with zero attached hydrogens (tertiary/aromatic N) is 2. The first-order chi connectivity index (χ1) is 7.70. The fourth-order valence-corrected chi connectivity index (χ4v) is 1.31. The Morgan fingerprint density at radius 3 is 3.06 bits per heavy atom. The van der Waals surface area contributed by atoms with Gasteiger partial charge in [0, 0.05) is 6.54 Å². The molecule has 0 aliphatic rings. The Balaban J connectivity index is 2.72. The number of ether oxygens (including phenoxy) is 1. The van der Waals surface area contributed by atoms with Gasteiger partial charge in [-0.2, -0.15) is 0 Å². The number of nitrogens with two attached hydrogens (primary N) is 1. The van der Waals surface area contributed by atoms with Crippen molar-refractivity contribution in [3.63, 3.8) is 0 Å². The Morgan fingerprint density at radius 1 is 1.69 bits per heavy atom. The zero-order valence-corrected chi connectivity index (χ0v) is 9.64. The standard InChI is InChI=1S/C11H17N3O2/c1-3-5-6-7-14-8-13-9(10(14)12)11(15)16-4-2/h3,5,8H,4,6-7,12H2,1-2H3/b5-3+. The highest BCUT2D eigenvalue weighted by atomic mass is 16.5. The number of hydrogen-bond acceptors (Lipinski definition) is 4. The van der Waals surface area contributed by atoms with Gasteiger partial charge in [0.25, 0.3) is 0 Å². The molecule has 0 fully saturated rings. The number of carbonyl (C=O) groups excluding carboxylic acids is 1. The topological polar surface area (TPSA) is 70.1 Å². The van der Waals surface area contributed by atoms with Crippen LogP contribution in [0.2, 0.25) is 0 Å².